The molecule has 0 radical (unpaired) electrons. The van der Waals surface area contributed by atoms with Gasteiger partial charge in [0.25, 0.3) is 0 Å². The fourth-order valence-corrected chi connectivity index (χ4v) is 2.65. The predicted molar refractivity (Wildman–Crippen MR) is 95.1 cm³/mol. The van der Waals surface area contributed by atoms with Crippen molar-refractivity contribution in [2.24, 2.45) is 0 Å². The summed E-state index contributed by atoms with van der Waals surface area (Å²) in [7, 11) is 3.87. The van der Waals surface area contributed by atoms with E-state index in [-0.39, 0.29) is 11.9 Å². The Morgan fingerprint density at radius 2 is 1.61 bits per heavy atom. The van der Waals surface area contributed by atoms with E-state index in [9.17, 15) is 4.79 Å². The highest BCUT2D eigenvalue weighted by atomic mass is 16.2. The standard InChI is InChI=1S/C20H26N2O/c1-16-10-8-9-13-19(16)14-21(3)15-20(23)22(4)17(2)18-11-6-5-7-12-18/h5-13,17H,14-15H2,1-4H3. The van der Waals surface area contributed by atoms with Crippen molar-refractivity contribution in [1.29, 1.82) is 0 Å². The molecule has 2 aromatic carbocycles. The van der Waals surface area contributed by atoms with Gasteiger partial charge in [0.2, 0.25) is 5.91 Å². The predicted octanol–water partition coefficient (Wildman–Crippen LogP) is 3.65. The van der Waals surface area contributed by atoms with Gasteiger partial charge in [-0.1, -0.05) is 54.6 Å². The van der Waals surface area contributed by atoms with Gasteiger partial charge in [-0.15, -0.1) is 0 Å². The second-order valence-electron chi connectivity index (χ2n) is 6.19. The van der Waals surface area contributed by atoms with E-state index < -0.39 is 0 Å². The first kappa shape index (κ1) is 17.2. The largest absolute Gasteiger partial charge is 0.338 e. The van der Waals surface area contributed by atoms with Gasteiger partial charge in [0.1, 0.15) is 0 Å². The van der Waals surface area contributed by atoms with Gasteiger partial charge >= 0.3 is 0 Å². The van der Waals surface area contributed by atoms with Crippen LogP contribution in [0.2, 0.25) is 0 Å². The molecule has 0 aliphatic rings. The summed E-state index contributed by atoms with van der Waals surface area (Å²) in [5.74, 6) is 0.137. The van der Waals surface area contributed by atoms with Crippen LogP contribution in [-0.2, 0) is 11.3 Å². The van der Waals surface area contributed by atoms with E-state index in [0.717, 1.165) is 12.1 Å². The van der Waals surface area contributed by atoms with Crippen LogP contribution in [0.25, 0.3) is 0 Å². The van der Waals surface area contributed by atoms with Crippen LogP contribution in [-0.4, -0.2) is 36.3 Å². The lowest BCUT2D eigenvalue weighted by atomic mass is 10.1. The average Bonchev–Trinajstić information content (AvgIpc) is 2.56. The first-order valence-corrected chi connectivity index (χ1v) is 8.02. The van der Waals surface area contributed by atoms with Crippen molar-refractivity contribution in [2.45, 2.75) is 26.4 Å². The second-order valence-corrected chi connectivity index (χ2v) is 6.19. The van der Waals surface area contributed by atoms with Gasteiger partial charge in [-0.2, -0.15) is 0 Å². The Hall–Kier alpha value is -2.13. The summed E-state index contributed by atoms with van der Waals surface area (Å²) in [6, 6.07) is 18.5. The van der Waals surface area contributed by atoms with Gasteiger partial charge in [-0.05, 0) is 37.6 Å². The van der Waals surface area contributed by atoms with Gasteiger partial charge in [0.15, 0.2) is 0 Å². The third-order valence-corrected chi connectivity index (χ3v) is 4.36. The number of carbonyl (C=O) groups excluding carboxylic acids is 1. The Bertz CT molecular complexity index is 639. The highest BCUT2D eigenvalue weighted by Gasteiger charge is 2.18. The molecule has 0 aromatic heterocycles. The SMILES string of the molecule is Cc1ccccc1CN(C)CC(=O)N(C)C(C)c1ccccc1. The zero-order valence-electron chi connectivity index (χ0n) is 14.5. The van der Waals surface area contributed by atoms with Crippen molar-refractivity contribution in [1.82, 2.24) is 9.80 Å². The number of carbonyl (C=O) groups is 1. The Balaban J connectivity index is 1.94. The van der Waals surface area contributed by atoms with Crippen LogP contribution in [0.5, 0.6) is 0 Å². The number of hydrogen-bond acceptors (Lipinski definition) is 2. The van der Waals surface area contributed by atoms with Gasteiger partial charge in [-0.3, -0.25) is 9.69 Å². The summed E-state index contributed by atoms with van der Waals surface area (Å²) < 4.78 is 0. The fourth-order valence-electron chi connectivity index (χ4n) is 2.65. The zero-order chi connectivity index (χ0) is 16.8. The molecule has 0 aliphatic carbocycles. The smallest absolute Gasteiger partial charge is 0.236 e. The van der Waals surface area contributed by atoms with Crippen LogP contribution in [0.3, 0.4) is 0 Å². The van der Waals surface area contributed by atoms with Crippen molar-refractivity contribution >= 4 is 5.91 Å². The average molecular weight is 310 g/mol. The van der Waals surface area contributed by atoms with Crippen LogP contribution < -0.4 is 0 Å². The number of amides is 1. The van der Waals surface area contributed by atoms with Crippen LogP contribution in [0.4, 0.5) is 0 Å². The molecule has 0 N–H and O–H groups in total. The number of aryl methyl sites for hydroxylation is 1. The molecule has 3 heteroatoms. The molecular formula is C20H26N2O. The van der Waals surface area contributed by atoms with Crippen LogP contribution in [0.15, 0.2) is 54.6 Å². The molecule has 2 aromatic rings. The minimum Gasteiger partial charge on any atom is -0.338 e. The molecule has 122 valence electrons. The summed E-state index contributed by atoms with van der Waals surface area (Å²) in [6.07, 6.45) is 0. The molecule has 0 bridgehead atoms. The van der Waals surface area contributed by atoms with Gasteiger partial charge < -0.3 is 4.90 Å². The summed E-state index contributed by atoms with van der Waals surface area (Å²) in [4.78, 5) is 16.4. The first-order valence-electron chi connectivity index (χ1n) is 8.02. The Labute approximate surface area is 139 Å². The molecule has 1 unspecified atom stereocenters. The molecule has 23 heavy (non-hydrogen) atoms. The van der Waals surface area contributed by atoms with Crippen molar-refractivity contribution in [3.63, 3.8) is 0 Å². The maximum Gasteiger partial charge on any atom is 0.236 e. The van der Waals surface area contributed by atoms with E-state index in [4.69, 9.17) is 0 Å². The molecule has 0 fully saturated rings. The number of nitrogens with zero attached hydrogens (tertiary/aromatic N) is 2. The molecule has 2 rings (SSSR count). The molecule has 0 spiro atoms. The molecular weight excluding hydrogens is 284 g/mol. The molecule has 0 saturated carbocycles. The van der Waals surface area contributed by atoms with Crippen LogP contribution in [0, 0.1) is 6.92 Å². The Morgan fingerprint density at radius 1 is 1.00 bits per heavy atom. The molecule has 0 heterocycles. The summed E-state index contributed by atoms with van der Waals surface area (Å²) in [5, 5.41) is 0. The zero-order valence-corrected chi connectivity index (χ0v) is 14.5. The number of benzene rings is 2. The molecule has 0 saturated heterocycles. The Morgan fingerprint density at radius 3 is 2.26 bits per heavy atom. The molecule has 3 nitrogen and oxygen atoms in total. The minimum atomic E-state index is 0.0792. The maximum atomic E-state index is 12.5. The van der Waals surface area contributed by atoms with Crippen molar-refractivity contribution < 1.29 is 4.79 Å². The van der Waals surface area contributed by atoms with E-state index in [1.54, 1.807) is 0 Å². The van der Waals surface area contributed by atoms with E-state index in [1.807, 2.05) is 49.3 Å². The normalized spacial score (nSPS) is 12.2. The molecule has 0 aliphatic heterocycles. The summed E-state index contributed by atoms with van der Waals surface area (Å²) >= 11 is 0. The summed E-state index contributed by atoms with van der Waals surface area (Å²) in [6.45, 7) is 5.37. The fraction of sp³-hybridized carbons (Fsp3) is 0.350. The highest BCUT2D eigenvalue weighted by Crippen LogP contribution is 2.18. The summed E-state index contributed by atoms with van der Waals surface area (Å²) in [5.41, 5.74) is 3.68. The second kappa shape index (κ2) is 7.93. The highest BCUT2D eigenvalue weighted by molar-refractivity contribution is 5.78. The Kier molecular flexibility index (Phi) is 5.94. The van der Waals surface area contributed by atoms with E-state index in [0.29, 0.717) is 6.54 Å². The van der Waals surface area contributed by atoms with E-state index in [1.165, 1.54) is 11.1 Å². The maximum absolute atomic E-state index is 12.5. The lowest BCUT2D eigenvalue weighted by molar-refractivity contribution is -0.132. The lowest BCUT2D eigenvalue weighted by Gasteiger charge is -2.27. The number of rotatable bonds is 6. The van der Waals surface area contributed by atoms with Crippen LogP contribution in [0.1, 0.15) is 29.7 Å². The molecule has 1 amide bonds. The number of hydrogen-bond donors (Lipinski definition) is 0. The lowest BCUT2D eigenvalue weighted by Crippen LogP contribution is -2.37. The third-order valence-electron chi connectivity index (χ3n) is 4.36. The monoisotopic (exact) mass is 310 g/mol. The molecule has 1 atom stereocenters. The van der Waals surface area contributed by atoms with Crippen molar-refractivity contribution in [3.8, 4) is 0 Å². The third kappa shape index (κ3) is 4.67. The van der Waals surface area contributed by atoms with E-state index >= 15 is 0 Å². The minimum absolute atomic E-state index is 0.0792. The van der Waals surface area contributed by atoms with Gasteiger partial charge in [0.05, 0.1) is 12.6 Å². The van der Waals surface area contributed by atoms with Gasteiger partial charge in [-0.25, -0.2) is 0 Å². The van der Waals surface area contributed by atoms with Gasteiger partial charge in [0, 0.05) is 13.6 Å². The topological polar surface area (TPSA) is 23.6 Å². The van der Waals surface area contributed by atoms with Crippen molar-refractivity contribution in [2.75, 3.05) is 20.6 Å². The van der Waals surface area contributed by atoms with Crippen molar-refractivity contribution in [3.05, 3.63) is 71.3 Å². The quantitative estimate of drug-likeness (QED) is 0.813. The van der Waals surface area contributed by atoms with E-state index in [2.05, 4.69) is 43.0 Å². The van der Waals surface area contributed by atoms with Crippen LogP contribution >= 0.6 is 0 Å². The first-order chi connectivity index (χ1) is 11.0. The number of likely N-dealkylation sites (N-methyl/N-ethyl adjacent to an activating group) is 2.